The fourth-order valence-corrected chi connectivity index (χ4v) is 2.91. The Balaban J connectivity index is 1.72. The maximum Gasteiger partial charge on any atom is 0.239 e. The molecule has 1 saturated carbocycles. The molecule has 0 radical (unpaired) electrons. The normalized spacial score (nSPS) is 31.7. The Morgan fingerprint density at radius 2 is 2.00 bits per heavy atom. The summed E-state index contributed by atoms with van der Waals surface area (Å²) in [6.07, 6.45) is 3.33. The predicted molar refractivity (Wildman–Crippen MR) is 64.3 cm³/mol. The van der Waals surface area contributed by atoms with Gasteiger partial charge in [-0.25, -0.2) is 0 Å². The van der Waals surface area contributed by atoms with Gasteiger partial charge in [0.15, 0.2) is 0 Å². The molecular weight excluding hydrogens is 218 g/mol. The lowest BCUT2D eigenvalue weighted by atomic mass is 9.79. The van der Waals surface area contributed by atoms with Gasteiger partial charge in [0.1, 0.15) is 0 Å². The largest absolute Gasteiger partial charge is 0.352 e. The second kappa shape index (κ2) is 5.49. The number of rotatable bonds is 3. The first-order valence-electron chi connectivity index (χ1n) is 6.39. The lowest BCUT2D eigenvalue weighted by Gasteiger charge is -2.31. The van der Waals surface area contributed by atoms with Crippen molar-refractivity contribution in [3.8, 4) is 0 Å². The SMILES string of the molecule is CC(=O)NCC(=O)NC1CC[C@H]2CNC[C@H]2C1. The molecule has 1 saturated heterocycles. The number of carbonyl (C=O) groups excluding carboxylic acids is 2. The van der Waals surface area contributed by atoms with Crippen molar-refractivity contribution in [3.05, 3.63) is 0 Å². The minimum absolute atomic E-state index is 0.0744. The summed E-state index contributed by atoms with van der Waals surface area (Å²) in [6.45, 7) is 3.74. The van der Waals surface area contributed by atoms with Gasteiger partial charge in [0.05, 0.1) is 6.54 Å². The molecule has 2 fully saturated rings. The molecule has 5 nitrogen and oxygen atoms in total. The molecule has 1 aliphatic carbocycles. The van der Waals surface area contributed by atoms with Crippen molar-refractivity contribution in [2.45, 2.75) is 32.2 Å². The number of hydrogen-bond acceptors (Lipinski definition) is 3. The summed E-state index contributed by atoms with van der Waals surface area (Å²) >= 11 is 0. The van der Waals surface area contributed by atoms with Crippen molar-refractivity contribution >= 4 is 11.8 Å². The molecule has 5 heteroatoms. The third-order valence-electron chi connectivity index (χ3n) is 3.82. The summed E-state index contributed by atoms with van der Waals surface area (Å²) in [5.74, 6) is 1.28. The molecule has 2 amide bonds. The topological polar surface area (TPSA) is 70.2 Å². The van der Waals surface area contributed by atoms with E-state index in [1.165, 1.54) is 13.3 Å². The van der Waals surface area contributed by atoms with Crippen molar-refractivity contribution in [2.24, 2.45) is 11.8 Å². The van der Waals surface area contributed by atoms with Crippen molar-refractivity contribution in [2.75, 3.05) is 19.6 Å². The quantitative estimate of drug-likeness (QED) is 0.629. The van der Waals surface area contributed by atoms with E-state index in [0.717, 1.165) is 37.8 Å². The Hall–Kier alpha value is -1.10. The van der Waals surface area contributed by atoms with Crippen LogP contribution in [0.25, 0.3) is 0 Å². The van der Waals surface area contributed by atoms with Crippen LogP contribution in [0.5, 0.6) is 0 Å². The van der Waals surface area contributed by atoms with Gasteiger partial charge in [-0.1, -0.05) is 0 Å². The molecule has 0 aromatic rings. The number of carbonyl (C=O) groups is 2. The van der Waals surface area contributed by atoms with Crippen molar-refractivity contribution in [3.63, 3.8) is 0 Å². The van der Waals surface area contributed by atoms with Crippen LogP contribution in [-0.4, -0.2) is 37.5 Å². The molecule has 2 aliphatic rings. The third kappa shape index (κ3) is 3.43. The van der Waals surface area contributed by atoms with Crippen LogP contribution in [0.4, 0.5) is 0 Å². The van der Waals surface area contributed by atoms with E-state index in [2.05, 4.69) is 16.0 Å². The maximum atomic E-state index is 11.6. The van der Waals surface area contributed by atoms with Gasteiger partial charge < -0.3 is 16.0 Å². The lowest BCUT2D eigenvalue weighted by Crippen LogP contribution is -2.44. The summed E-state index contributed by atoms with van der Waals surface area (Å²) in [5.41, 5.74) is 0. The number of hydrogen-bond donors (Lipinski definition) is 3. The van der Waals surface area contributed by atoms with Crippen molar-refractivity contribution in [1.29, 1.82) is 0 Å². The Morgan fingerprint density at radius 1 is 1.24 bits per heavy atom. The predicted octanol–water partition coefficient (Wildman–Crippen LogP) is -0.373. The van der Waals surface area contributed by atoms with Gasteiger partial charge >= 0.3 is 0 Å². The van der Waals surface area contributed by atoms with Gasteiger partial charge in [0, 0.05) is 13.0 Å². The lowest BCUT2D eigenvalue weighted by molar-refractivity contribution is -0.125. The molecule has 3 atom stereocenters. The van der Waals surface area contributed by atoms with Crippen LogP contribution in [0, 0.1) is 11.8 Å². The van der Waals surface area contributed by atoms with Crippen molar-refractivity contribution < 1.29 is 9.59 Å². The summed E-state index contributed by atoms with van der Waals surface area (Å²) in [5, 5.41) is 8.93. The van der Waals surface area contributed by atoms with E-state index in [1.807, 2.05) is 0 Å². The molecule has 1 unspecified atom stereocenters. The molecule has 1 heterocycles. The average molecular weight is 239 g/mol. The molecule has 2 rings (SSSR count). The van der Waals surface area contributed by atoms with Crippen LogP contribution in [0.15, 0.2) is 0 Å². The molecule has 0 spiro atoms. The summed E-state index contributed by atoms with van der Waals surface area (Å²) < 4.78 is 0. The summed E-state index contributed by atoms with van der Waals surface area (Å²) in [7, 11) is 0. The zero-order chi connectivity index (χ0) is 12.3. The number of nitrogens with one attached hydrogen (secondary N) is 3. The van der Waals surface area contributed by atoms with Crippen LogP contribution in [0.2, 0.25) is 0 Å². The highest BCUT2D eigenvalue weighted by molar-refractivity contribution is 5.83. The van der Waals surface area contributed by atoms with Gasteiger partial charge in [-0.2, -0.15) is 0 Å². The van der Waals surface area contributed by atoms with Gasteiger partial charge in [0.2, 0.25) is 11.8 Å². The van der Waals surface area contributed by atoms with E-state index in [0.29, 0.717) is 0 Å². The van der Waals surface area contributed by atoms with Crippen molar-refractivity contribution in [1.82, 2.24) is 16.0 Å². The highest BCUT2D eigenvalue weighted by Crippen LogP contribution is 2.32. The number of amides is 2. The van der Waals surface area contributed by atoms with Crippen LogP contribution < -0.4 is 16.0 Å². The average Bonchev–Trinajstić information content (AvgIpc) is 2.73. The first-order valence-corrected chi connectivity index (χ1v) is 6.39. The zero-order valence-corrected chi connectivity index (χ0v) is 10.3. The van der Waals surface area contributed by atoms with Gasteiger partial charge in [-0.05, 0) is 44.2 Å². The fraction of sp³-hybridized carbons (Fsp3) is 0.833. The van der Waals surface area contributed by atoms with Crippen LogP contribution >= 0.6 is 0 Å². The highest BCUT2D eigenvalue weighted by atomic mass is 16.2. The Bertz CT molecular complexity index is 306. The van der Waals surface area contributed by atoms with Crippen LogP contribution in [0.1, 0.15) is 26.2 Å². The van der Waals surface area contributed by atoms with Gasteiger partial charge in [-0.3, -0.25) is 9.59 Å². The van der Waals surface area contributed by atoms with Gasteiger partial charge in [0.25, 0.3) is 0 Å². The van der Waals surface area contributed by atoms with E-state index in [9.17, 15) is 9.59 Å². The molecule has 96 valence electrons. The molecular formula is C12H21N3O2. The second-order valence-electron chi connectivity index (χ2n) is 5.17. The second-order valence-corrected chi connectivity index (χ2v) is 5.17. The molecule has 0 aromatic carbocycles. The Morgan fingerprint density at radius 3 is 2.76 bits per heavy atom. The summed E-state index contributed by atoms with van der Waals surface area (Å²) in [6, 6.07) is 0.289. The molecule has 0 aromatic heterocycles. The minimum Gasteiger partial charge on any atom is -0.352 e. The Labute approximate surface area is 102 Å². The summed E-state index contributed by atoms with van der Waals surface area (Å²) in [4.78, 5) is 22.3. The standard InChI is InChI=1S/C12H21N3O2/c1-8(16)14-7-12(17)15-11-3-2-9-5-13-6-10(9)4-11/h9-11,13H,2-7H2,1H3,(H,14,16)(H,15,17)/t9-,10+,11?/m0/s1. The molecule has 1 aliphatic heterocycles. The van der Waals surface area contributed by atoms with Crippen LogP contribution in [-0.2, 0) is 9.59 Å². The van der Waals surface area contributed by atoms with Gasteiger partial charge in [-0.15, -0.1) is 0 Å². The zero-order valence-electron chi connectivity index (χ0n) is 10.3. The van der Waals surface area contributed by atoms with Crippen LogP contribution in [0.3, 0.4) is 0 Å². The fourth-order valence-electron chi connectivity index (χ4n) is 2.91. The molecule has 17 heavy (non-hydrogen) atoms. The monoisotopic (exact) mass is 239 g/mol. The number of fused-ring (bicyclic) bond motifs is 1. The first kappa shape index (κ1) is 12.4. The maximum absolute atomic E-state index is 11.6. The minimum atomic E-state index is -0.163. The van der Waals surface area contributed by atoms with E-state index >= 15 is 0 Å². The van der Waals surface area contributed by atoms with E-state index < -0.39 is 0 Å². The molecule has 3 N–H and O–H groups in total. The molecule has 0 bridgehead atoms. The smallest absolute Gasteiger partial charge is 0.239 e. The highest BCUT2D eigenvalue weighted by Gasteiger charge is 2.34. The first-order chi connectivity index (χ1) is 8.15. The third-order valence-corrected chi connectivity index (χ3v) is 3.82. The van der Waals surface area contributed by atoms with E-state index in [4.69, 9.17) is 0 Å². The van der Waals surface area contributed by atoms with E-state index in [-0.39, 0.29) is 24.4 Å². The Kier molecular flexibility index (Phi) is 3.99. The van der Waals surface area contributed by atoms with E-state index in [1.54, 1.807) is 0 Å².